The van der Waals surface area contributed by atoms with Crippen molar-refractivity contribution in [3.63, 3.8) is 0 Å². The third kappa shape index (κ3) is 4.36. The molecule has 1 unspecified atom stereocenters. The van der Waals surface area contributed by atoms with Gasteiger partial charge in [-0.2, -0.15) is 0 Å². The summed E-state index contributed by atoms with van der Waals surface area (Å²) in [5, 5.41) is 0. The van der Waals surface area contributed by atoms with Crippen LogP contribution in [0.3, 0.4) is 0 Å². The molecule has 0 saturated heterocycles. The van der Waals surface area contributed by atoms with E-state index in [4.69, 9.17) is 18.5 Å². The highest BCUT2D eigenvalue weighted by atomic mass is 31.2. The average molecular weight is 296 g/mol. The highest BCUT2D eigenvalue weighted by molar-refractivity contribution is 7.55. The summed E-state index contributed by atoms with van der Waals surface area (Å²) >= 11 is 0. The first-order valence-electron chi connectivity index (χ1n) is 6.38. The minimum absolute atomic E-state index is 0.206. The Kier molecular flexibility index (Phi) is 8.01. The molecule has 0 rings (SSSR count). The van der Waals surface area contributed by atoms with Crippen molar-refractivity contribution in [2.45, 2.75) is 45.6 Å². The van der Waals surface area contributed by atoms with Gasteiger partial charge in [-0.15, -0.1) is 0 Å². The fourth-order valence-electron chi connectivity index (χ4n) is 1.72. The number of hydrogen-bond donors (Lipinski definition) is 0. The lowest BCUT2D eigenvalue weighted by Gasteiger charge is -2.31. The van der Waals surface area contributed by atoms with Crippen LogP contribution < -0.4 is 0 Å². The van der Waals surface area contributed by atoms with Gasteiger partial charge >= 0.3 is 7.60 Å². The minimum Gasteiger partial charge on any atom is -0.347 e. The monoisotopic (exact) mass is 296 g/mol. The van der Waals surface area contributed by atoms with Gasteiger partial charge in [0, 0.05) is 14.2 Å². The van der Waals surface area contributed by atoms with Crippen LogP contribution in [0.2, 0.25) is 0 Å². The van der Waals surface area contributed by atoms with Gasteiger partial charge in [0.1, 0.15) is 5.66 Å². The molecule has 0 aromatic rings. The Morgan fingerprint density at radius 2 is 1.53 bits per heavy atom. The van der Waals surface area contributed by atoms with Crippen molar-refractivity contribution < 1.29 is 27.9 Å². The average Bonchev–Trinajstić information content (AvgIpc) is 2.38. The Hall–Kier alpha value is -0.260. The van der Waals surface area contributed by atoms with Crippen LogP contribution in [-0.4, -0.2) is 44.7 Å². The molecule has 19 heavy (non-hydrogen) atoms. The highest BCUT2D eigenvalue weighted by Crippen LogP contribution is 2.55. The van der Waals surface area contributed by atoms with Gasteiger partial charge in [-0.1, -0.05) is 6.92 Å². The first-order chi connectivity index (χ1) is 8.85. The van der Waals surface area contributed by atoms with Crippen molar-refractivity contribution in [2.75, 3.05) is 27.4 Å². The summed E-state index contributed by atoms with van der Waals surface area (Å²) in [5.74, 6) is -1.89. The summed E-state index contributed by atoms with van der Waals surface area (Å²) in [6, 6.07) is 0. The van der Waals surface area contributed by atoms with E-state index in [-0.39, 0.29) is 13.2 Å². The van der Waals surface area contributed by atoms with E-state index >= 15 is 0 Å². The van der Waals surface area contributed by atoms with E-state index in [2.05, 4.69) is 0 Å². The molecule has 0 aromatic carbocycles. The number of methoxy groups -OCH3 is 2. The van der Waals surface area contributed by atoms with Gasteiger partial charge in [-0.3, -0.25) is 9.36 Å². The van der Waals surface area contributed by atoms with Crippen LogP contribution in [0.4, 0.5) is 0 Å². The van der Waals surface area contributed by atoms with Gasteiger partial charge < -0.3 is 18.5 Å². The first-order valence-corrected chi connectivity index (χ1v) is 7.99. The normalized spacial score (nSPS) is 14.4. The molecule has 0 aliphatic carbocycles. The Morgan fingerprint density at radius 1 is 1.11 bits per heavy atom. The molecule has 114 valence electrons. The molecular weight excluding hydrogens is 271 g/mol. The molecule has 0 spiro atoms. The van der Waals surface area contributed by atoms with Crippen LogP contribution >= 0.6 is 7.60 Å². The summed E-state index contributed by atoms with van der Waals surface area (Å²) in [7, 11) is -0.795. The molecule has 0 N–H and O–H groups in total. The summed E-state index contributed by atoms with van der Waals surface area (Å²) in [6.45, 7) is 7.05. The fourth-order valence-corrected chi connectivity index (χ4v) is 3.84. The molecule has 7 heteroatoms. The van der Waals surface area contributed by atoms with E-state index in [0.717, 1.165) is 0 Å². The summed E-state index contributed by atoms with van der Waals surface area (Å²) < 4.78 is 33.3. The molecule has 0 heterocycles. The van der Waals surface area contributed by atoms with Gasteiger partial charge in [0.15, 0.2) is 0 Å². The number of rotatable bonds is 10. The van der Waals surface area contributed by atoms with Crippen LogP contribution in [0.1, 0.15) is 34.1 Å². The van der Waals surface area contributed by atoms with Crippen LogP contribution in [0.15, 0.2) is 0 Å². The van der Waals surface area contributed by atoms with Crippen LogP contribution in [0.25, 0.3) is 0 Å². The lowest BCUT2D eigenvalue weighted by Crippen LogP contribution is -2.45. The number of hydrogen-bond acceptors (Lipinski definition) is 6. The van der Waals surface area contributed by atoms with E-state index in [1.165, 1.54) is 21.1 Å². The Morgan fingerprint density at radius 3 is 1.79 bits per heavy atom. The zero-order chi connectivity index (χ0) is 15.1. The molecule has 0 radical (unpaired) electrons. The molecule has 0 aliphatic rings. The first kappa shape index (κ1) is 18.7. The molecule has 1 atom stereocenters. The van der Waals surface area contributed by atoms with E-state index in [1.807, 2.05) is 0 Å². The molecular formula is C12H25O6P. The third-order valence-corrected chi connectivity index (χ3v) is 5.52. The zero-order valence-electron chi connectivity index (χ0n) is 12.6. The van der Waals surface area contributed by atoms with Crippen molar-refractivity contribution >= 4 is 13.4 Å². The Labute approximate surface area is 115 Å². The van der Waals surface area contributed by atoms with Crippen molar-refractivity contribution in [2.24, 2.45) is 0 Å². The van der Waals surface area contributed by atoms with Gasteiger partial charge in [-0.25, -0.2) is 0 Å². The number of ketones is 1. The predicted molar refractivity (Wildman–Crippen MR) is 72.4 cm³/mol. The number of carbonyl (C=O) groups is 1. The predicted octanol–water partition coefficient (Wildman–Crippen LogP) is 2.61. The maximum Gasteiger partial charge on any atom is 0.341 e. The SMILES string of the molecule is CCOP(=O)(OCC)C(CC)C(=O)C(C)(OC)OC. The van der Waals surface area contributed by atoms with E-state index < -0.39 is 24.8 Å². The lowest BCUT2D eigenvalue weighted by atomic mass is 10.1. The van der Waals surface area contributed by atoms with E-state index in [0.29, 0.717) is 6.42 Å². The molecule has 0 bridgehead atoms. The largest absolute Gasteiger partial charge is 0.347 e. The molecule has 0 saturated carbocycles. The molecule has 0 fully saturated rings. The van der Waals surface area contributed by atoms with Crippen molar-refractivity contribution in [1.29, 1.82) is 0 Å². The third-order valence-electron chi connectivity index (χ3n) is 2.92. The van der Waals surface area contributed by atoms with E-state index in [1.54, 1.807) is 20.8 Å². The van der Waals surface area contributed by atoms with Crippen LogP contribution in [-0.2, 0) is 27.9 Å². The highest BCUT2D eigenvalue weighted by Gasteiger charge is 2.47. The maximum atomic E-state index is 12.7. The Bertz CT molecular complexity index is 316. The van der Waals surface area contributed by atoms with Crippen molar-refractivity contribution in [3.05, 3.63) is 0 Å². The summed E-state index contributed by atoms with van der Waals surface area (Å²) in [6.07, 6.45) is 0.318. The van der Waals surface area contributed by atoms with Gasteiger partial charge in [0.2, 0.25) is 11.6 Å². The van der Waals surface area contributed by atoms with E-state index in [9.17, 15) is 9.36 Å². The van der Waals surface area contributed by atoms with Gasteiger partial charge in [0.05, 0.1) is 13.2 Å². The maximum absolute atomic E-state index is 12.7. The van der Waals surface area contributed by atoms with Crippen molar-refractivity contribution in [1.82, 2.24) is 0 Å². The number of ether oxygens (including phenoxy) is 2. The second kappa shape index (κ2) is 8.12. The number of carbonyl (C=O) groups excluding carboxylic acids is 1. The lowest BCUT2D eigenvalue weighted by molar-refractivity contribution is -0.199. The molecule has 6 nitrogen and oxygen atoms in total. The van der Waals surface area contributed by atoms with Crippen LogP contribution in [0, 0.1) is 0 Å². The van der Waals surface area contributed by atoms with Gasteiger partial charge in [-0.05, 0) is 27.2 Å². The molecule has 0 aromatic heterocycles. The van der Waals surface area contributed by atoms with Gasteiger partial charge in [0.25, 0.3) is 0 Å². The van der Waals surface area contributed by atoms with Crippen molar-refractivity contribution in [3.8, 4) is 0 Å². The summed E-state index contributed by atoms with van der Waals surface area (Å²) in [5.41, 5.74) is -0.905. The summed E-state index contributed by atoms with van der Waals surface area (Å²) in [4.78, 5) is 12.5. The quantitative estimate of drug-likeness (QED) is 0.456. The smallest absolute Gasteiger partial charge is 0.341 e. The standard InChI is InChI=1S/C12H25O6P/c1-7-10(11(13)12(4,15-5)16-6)19(14,17-8-2)18-9-3/h10H,7-9H2,1-6H3. The second-order valence-corrected chi connectivity index (χ2v) is 6.24. The minimum atomic E-state index is -3.52. The topological polar surface area (TPSA) is 71.1 Å². The number of Topliss-reactive ketones (excluding diaryl/α,β-unsaturated/α-hetero) is 1. The molecule has 0 amide bonds. The Balaban J connectivity index is 5.38. The molecule has 0 aliphatic heterocycles. The van der Waals surface area contributed by atoms with Crippen LogP contribution in [0.5, 0.6) is 0 Å². The zero-order valence-corrected chi connectivity index (χ0v) is 13.5. The fraction of sp³-hybridized carbons (Fsp3) is 0.917. The second-order valence-electron chi connectivity index (χ2n) is 4.02.